The van der Waals surface area contributed by atoms with Crippen LogP contribution in [0.5, 0.6) is 11.5 Å². The fraction of sp³-hybridized carbons (Fsp3) is 0.214. The number of pyridine rings is 1. The van der Waals surface area contributed by atoms with Crippen molar-refractivity contribution in [1.82, 2.24) is 4.98 Å². The molecule has 1 heterocycles. The third kappa shape index (κ3) is 2.85. The molecule has 94 valence electrons. The number of rotatable bonds is 4. The first-order valence-corrected chi connectivity index (χ1v) is 5.71. The van der Waals surface area contributed by atoms with Crippen molar-refractivity contribution in [2.75, 3.05) is 0 Å². The number of para-hydroxylation sites is 1. The molecule has 0 aliphatic rings. The lowest BCUT2D eigenvalue weighted by Crippen LogP contribution is -1.96. The summed E-state index contributed by atoms with van der Waals surface area (Å²) < 4.78 is 5.63. The molecule has 0 unspecified atom stereocenters. The van der Waals surface area contributed by atoms with Crippen LogP contribution in [0, 0.1) is 0 Å². The molecule has 1 atom stereocenters. The molecule has 4 heteroatoms. The second-order valence-corrected chi connectivity index (χ2v) is 3.96. The lowest BCUT2D eigenvalue weighted by atomic mass is 10.2. The molecule has 0 amide bonds. The average Bonchev–Trinajstić information content (AvgIpc) is 2.40. The van der Waals surface area contributed by atoms with Crippen molar-refractivity contribution in [1.29, 1.82) is 0 Å². The topological polar surface area (TPSA) is 62.6 Å². The SMILES string of the molecule is C[C@H](O)c1ccc(Oc2ccccc2CO)cn1. The number of aliphatic hydroxyl groups excluding tert-OH is 2. The second-order valence-electron chi connectivity index (χ2n) is 3.96. The van der Waals surface area contributed by atoms with E-state index in [-0.39, 0.29) is 6.61 Å². The maximum absolute atomic E-state index is 9.35. The van der Waals surface area contributed by atoms with E-state index in [1.54, 1.807) is 37.4 Å². The van der Waals surface area contributed by atoms with E-state index >= 15 is 0 Å². The van der Waals surface area contributed by atoms with Crippen LogP contribution in [0.4, 0.5) is 0 Å². The number of benzene rings is 1. The first-order chi connectivity index (χ1) is 8.70. The van der Waals surface area contributed by atoms with E-state index < -0.39 is 6.10 Å². The van der Waals surface area contributed by atoms with Crippen LogP contribution in [-0.4, -0.2) is 15.2 Å². The third-order valence-electron chi connectivity index (χ3n) is 2.56. The first-order valence-electron chi connectivity index (χ1n) is 5.71. The van der Waals surface area contributed by atoms with Gasteiger partial charge in [0.05, 0.1) is 24.6 Å². The van der Waals surface area contributed by atoms with E-state index in [0.717, 1.165) is 5.56 Å². The van der Waals surface area contributed by atoms with Gasteiger partial charge in [0.15, 0.2) is 0 Å². The number of aromatic nitrogens is 1. The van der Waals surface area contributed by atoms with Gasteiger partial charge in [0.25, 0.3) is 0 Å². The van der Waals surface area contributed by atoms with E-state index in [4.69, 9.17) is 4.74 Å². The van der Waals surface area contributed by atoms with Crippen LogP contribution in [0.3, 0.4) is 0 Å². The van der Waals surface area contributed by atoms with E-state index in [2.05, 4.69) is 4.98 Å². The Labute approximate surface area is 106 Å². The van der Waals surface area contributed by atoms with Crippen LogP contribution >= 0.6 is 0 Å². The Kier molecular flexibility index (Phi) is 3.92. The van der Waals surface area contributed by atoms with Gasteiger partial charge in [-0.3, -0.25) is 4.98 Å². The molecule has 2 aromatic rings. The minimum absolute atomic E-state index is 0.0740. The molecule has 0 aliphatic heterocycles. The summed E-state index contributed by atoms with van der Waals surface area (Å²) in [4.78, 5) is 4.09. The zero-order valence-electron chi connectivity index (χ0n) is 10.1. The summed E-state index contributed by atoms with van der Waals surface area (Å²) in [6.07, 6.45) is 0.958. The third-order valence-corrected chi connectivity index (χ3v) is 2.56. The average molecular weight is 245 g/mol. The first kappa shape index (κ1) is 12.5. The van der Waals surface area contributed by atoms with Gasteiger partial charge in [0, 0.05) is 5.56 Å². The molecule has 0 fully saturated rings. The van der Waals surface area contributed by atoms with E-state index in [9.17, 15) is 10.2 Å². The van der Waals surface area contributed by atoms with Crippen LogP contribution in [-0.2, 0) is 6.61 Å². The summed E-state index contributed by atoms with van der Waals surface area (Å²) >= 11 is 0. The fourth-order valence-corrected chi connectivity index (χ4v) is 1.56. The Morgan fingerprint density at radius 2 is 2.00 bits per heavy atom. The molecular weight excluding hydrogens is 230 g/mol. The Morgan fingerprint density at radius 3 is 2.61 bits per heavy atom. The maximum atomic E-state index is 9.35. The standard InChI is InChI=1S/C14H15NO3/c1-10(17)13-7-6-12(8-15-13)18-14-5-3-2-4-11(14)9-16/h2-8,10,16-17H,9H2,1H3/t10-/m0/s1. The molecule has 0 saturated carbocycles. The van der Waals surface area contributed by atoms with Crippen molar-refractivity contribution in [3.63, 3.8) is 0 Å². The molecule has 1 aromatic heterocycles. The molecule has 0 spiro atoms. The largest absolute Gasteiger partial charge is 0.455 e. The number of nitrogens with zero attached hydrogens (tertiary/aromatic N) is 1. The molecule has 0 radical (unpaired) electrons. The highest BCUT2D eigenvalue weighted by Gasteiger charge is 2.05. The smallest absolute Gasteiger partial charge is 0.145 e. The predicted octanol–water partition coefficient (Wildman–Crippen LogP) is 2.42. The lowest BCUT2D eigenvalue weighted by Gasteiger charge is -2.10. The summed E-state index contributed by atoms with van der Waals surface area (Å²) in [6.45, 7) is 1.58. The van der Waals surface area contributed by atoms with Crippen molar-refractivity contribution in [3.05, 3.63) is 53.9 Å². The summed E-state index contributed by atoms with van der Waals surface area (Å²) in [7, 11) is 0. The quantitative estimate of drug-likeness (QED) is 0.868. The predicted molar refractivity (Wildman–Crippen MR) is 67.3 cm³/mol. The Hall–Kier alpha value is -1.91. The van der Waals surface area contributed by atoms with Crippen LogP contribution in [0.1, 0.15) is 24.3 Å². The maximum Gasteiger partial charge on any atom is 0.145 e. The highest BCUT2D eigenvalue weighted by molar-refractivity contribution is 5.36. The van der Waals surface area contributed by atoms with Crippen LogP contribution < -0.4 is 4.74 Å². The van der Waals surface area contributed by atoms with Gasteiger partial charge < -0.3 is 14.9 Å². The Balaban J connectivity index is 2.18. The molecule has 0 saturated heterocycles. The van der Waals surface area contributed by atoms with Gasteiger partial charge in [-0.1, -0.05) is 18.2 Å². The van der Waals surface area contributed by atoms with Crippen molar-refractivity contribution in [2.24, 2.45) is 0 Å². The monoisotopic (exact) mass is 245 g/mol. The normalized spacial score (nSPS) is 12.2. The minimum atomic E-state index is -0.594. The van der Waals surface area contributed by atoms with E-state index in [1.807, 2.05) is 12.1 Å². The highest BCUT2D eigenvalue weighted by Crippen LogP contribution is 2.25. The number of hydrogen-bond donors (Lipinski definition) is 2. The lowest BCUT2D eigenvalue weighted by molar-refractivity contribution is 0.194. The highest BCUT2D eigenvalue weighted by atomic mass is 16.5. The minimum Gasteiger partial charge on any atom is -0.455 e. The Bertz CT molecular complexity index is 509. The molecule has 0 bridgehead atoms. The van der Waals surface area contributed by atoms with Crippen LogP contribution in [0.2, 0.25) is 0 Å². The van der Waals surface area contributed by atoms with Crippen molar-refractivity contribution < 1.29 is 14.9 Å². The summed E-state index contributed by atoms with van der Waals surface area (Å²) in [5.41, 5.74) is 1.31. The van der Waals surface area contributed by atoms with Gasteiger partial charge >= 0.3 is 0 Å². The summed E-state index contributed by atoms with van der Waals surface area (Å²) in [5, 5.41) is 18.5. The fourth-order valence-electron chi connectivity index (χ4n) is 1.56. The van der Waals surface area contributed by atoms with Gasteiger partial charge in [-0.05, 0) is 25.1 Å². The number of aliphatic hydroxyl groups is 2. The van der Waals surface area contributed by atoms with Gasteiger partial charge in [-0.15, -0.1) is 0 Å². The zero-order valence-corrected chi connectivity index (χ0v) is 10.1. The van der Waals surface area contributed by atoms with Crippen LogP contribution in [0.15, 0.2) is 42.6 Å². The molecule has 2 rings (SSSR count). The van der Waals surface area contributed by atoms with Crippen molar-refractivity contribution in [3.8, 4) is 11.5 Å². The summed E-state index contributed by atoms with van der Waals surface area (Å²) in [6, 6.07) is 10.7. The van der Waals surface area contributed by atoms with Gasteiger partial charge in [-0.25, -0.2) is 0 Å². The summed E-state index contributed by atoms with van der Waals surface area (Å²) in [5.74, 6) is 1.17. The number of ether oxygens (including phenoxy) is 1. The Morgan fingerprint density at radius 1 is 1.22 bits per heavy atom. The molecule has 1 aromatic carbocycles. The molecule has 4 nitrogen and oxygen atoms in total. The molecular formula is C14H15NO3. The van der Waals surface area contributed by atoms with Crippen molar-refractivity contribution in [2.45, 2.75) is 19.6 Å². The van der Waals surface area contributed by atoms with Gasteiger partial charge in [0.1, 0.15) is 11.5 Å². The van der Waals surface area contributed by atoms with Crippen LogP contribution in [0.25, 0.3) is 0 Å². The second kappa shape index (κ2) is 5.62. The molecule has 2 N–H and O–H groups in total. The zero-order chi connectivity index (χ0) is 13.0. The number of hydrogen-bond acceptors (Lipinski definition) is 4. The van der Waals surface area contributed by atoms with Gasteiger partial charge in [-0.2, -0.15) is 0 Å². The molecule has 18 heavy (non-hydrogen) atoms. The van der Waals surface area contributed by atoms with E-state index in [0.29, 0.717) is 17.2 Å². The van der Waals surface area contributed by atoms with Gasteiger partial charge in [0.2, 0.25) is 0 Å². The molecule has 0 aliphatic carbocycles. The van der Waals surface area contributed by atoms with E-state index in [1.165, 1.54) is 0 Å². The van der Waals surface area contributed by atoms with Crippen molar-refractivity contribution >= 4 is 0 Å².